The Morgan fingerprint density at radius 3 is 2.94 bits per heavy atom. The Balaban J connectivity index is 2.32. The molecule has 1 heterocycles. The molecule has 2 aromatic rings. The predicted molar refractivity (Wildman–Crippen MR) is 79.0 cm³/mol. The van der Waals surface area contributed by atoms with Gasteiger partial charge in [-0.05, 0) is 28.1 Å². The molecule has 0 bridgehead atoms. The van der Waals surface area contributed by atoms with Gasteiger partial charge in [-0.15, -0.1) is 0 Å². The minimum atomic E-state index is 0.732. The van der Waals surface area contributed by atoms with Gasteiger partial charge in [-0.25, -0.2) is 4.99 Å². The second-order valence-electron chi connectivity index (χ2n) is 3.68. The Labute approximate surface area is 114 Å². The van der Waals surface area contributed by atoms with E-state index in [0.29, 0.717) is 0 Å². The smallest absolute Gasteiger partial charge is 0.130 e. The molecule has 0 aliphatic carbocycles. The van der Waals surface area contributed by atoms with Gasteiger partial charge in [0.25, 0.3) is 0 Å². The summed E-state index contributed by atoms with van der Waals surface area (Å²) in [6, 6.07) is 9.84. The SMILES string of the molecule is C=C(Br)/C=N\c1cc(-c2ccccc2OC)c[nH]1. The zero-order valence-corrected chi connectivity index (χ0v) is 11.6. The minimum Gasteiger partial charge on any atom is -0.496 e. The predicted octanol–water partition coefficient (Wildman–Crippen LogP) is 4.30. The average Bonchev–Trinajstić information content (AvgIpc) is 2.85. The molecule has 2 rings (SSSR count). The van der Waals surface area contributed by atoms with Crippen LogP contribution in [0, 0.1) is 0 Å². The quantitative estimate of drug-likeness (QED) is 0.840. The molecule has 0 aliphatic rings. The highest BCUT2D eigenvalue weighted by molar-refractivity contribution is 9.12. The van der Waals surface area contributed by atoms with E-state index in [4.69, 9.17) is 4.74 Å². The molecule has 1 N–H and O–H groups in total. The lowest BCUT2D eigenvalue weighted by molar-refractivity contribution is 0.416. The molecule has 18 heavy (non-hydrogen) atoms. The number of aromatic nitrogens is 1. The van der Waals surface area contributed by atoms with E-state index in [-0.39, 0.29) is 0 Å². The third-order valence-electron chi connectivity index (χ3n) is 2.43. The number of hydrogen-bond donors (Lipinski definition) is 1. The fourth-order valence-electron chi connectivity index (χ4n) is 1.64. The third-order valence-corrected chi connectivity index (χ3v) is 2.63. The molecule has 92 valence electrons. The van der Waals surface area contributed by atoms with E-state index in [1.54, 1.807) is 13.3 Å². The van der Waals surface area contributed by atoms with E-state index in [2.05, 4.69) is 32.5 Å². The highest BCUT2D eigenvalue weighted by Gasteiger charge is 2.06. The number of nitrogens with zero attached hydrogens (tertiary/aromatic N) is 1. The molecular weight excluding hydrogens is 292 g/mol. The number of methoxy groups -OCH3 is 1. The summed E-state index contributed by atoms with van der Waals surface area (Å²) in [5, 5.41) is 0. The second kappa shape index (κ2) is 5.69. The van der Waals surface area contributed by atoms with E-state index in [1.807, 2.05) is 36.5 Å². The molecule has 0 saturated carbocycles. The van der Waals surface area contributed by atoms with Gasteiger partial charge in [0.1, 0.15) is 11.6 Å². The van der Waals surface area contributed by atoms with Crippen molar-refractivity contribution in [2.24, 2.45) is 4.99 Å². The molecule has 0 atom stereocenters. The molecule has 3 nitrogen and oxygen atoms in total. The van der Waals surface area contributed by atoms with Crippen LogP contribution in [-0.2, 0) is 0 Å². The number of ether oxygens (including phenoxy) is 1. The molecular formula is C14H13BrN2O. The molecule has 4 heteroatoms. The number of nitrogens with one attached hydrogen (secondary N) is 1. The van der Waals surface area contributed by atoms with Crippen molar-refractivity contribution in [1.29, 1.82) is 0 Å². The Morgan fingerprint density at radius 1 is 1.44 bits per heavy atom. The van der Waals surface area contributed by atoms with Crippen molar-refractivity contribution in [3.8, 4) is 16.9 Å². The molecule has 0 unspecified atom stereocenters. The Kier molecular flexibility index (Phi) is 3.99. The van der Waals surface area contributed by atoms with Crippen LogP contribution < -0.4 is 4.74 Å². The van der Waals surface area contributed by atoms with Gasteiger partial charge in [-0.1, -0.05) is 24.8 Å². The van der Waals surface area contributed by atoms with Crippen molar-refractivity contribution in [3.63, 3.8) is 0 Å². The Morgan fingerprint density at radius 2 is 2.22 bits per heavy atom. The second-order valence-corrected chi connectivity index (χ2v) is 4.70. The molecule has 0 radical (unpaired) electrons. The van der Waals surface area contributed by atoms with Crippen molar-refractivity contribution in [2.45, 2.75) is 0 Å². The van der Waals surface area contributed by atoms with Crippen molar-refractivity contribution in [1.82, 2.24) is 4.98 Å². The lowest BCUT2D eigenvalue weighted by Crippen LogP contribution is -1.85. The normalized spacial score (nSPS) is 10.8. The number of aliphatic imine (C=N–C) groups is 1. The number of H-pyrrole nitrogens is 1. The number of para-hydroxylation sites is 1. The summed E-state index contributed by atoms with van der Waals surface area (Å²) in [6.07, 6.45) is 3.55. The standard InChI is InChI=1S/C14H13BrN2O/c1-10(15)8-16-14-7-11(9-17-14)12-5-3-4-6-13(12)18-2/h3-9,17H,1H2,2H3/b16-8-. The van der Waals surface area contributed by atoms with Crippen LogP contribution in [0.5, 0.6) is 5.75 Å². The van der Waals surface area contributed by atoms with Gasteiger partial charge in [0, 0.05) is 28.0 Å². The van der Waals surface area contributed by atoms with Crippen LogP contribution in [0.2, 0.25) is 0 Å². The Bertz CT molecular complexity index is 587. The molecule has 0 amide bonds. The summed E-state index contributed by atoms with van der Waals surface area (Å²) in [5.74, 6) is 1.62. The first-order valence-corrected chi connectivity index (χ1v) is 6.20. The molecule has 0 aliphatic heterocycles. The number of hydrogen-bond acceptors (Lipinski definition) is 2. The first-order chi connectivity index (χ1) is 8.70. The molecule has 1 aromatic carbocycles. The highest BCUT2D eigenvalue weighted by Crippen LogP contribution is 2.31. The van der Waals surface area contributed by atoms with Crippen LogP contribution in [-0.4, -0.2) is 18.3 Å². The first-order valence-electron chi connectivity index (χ1n) is 5.41. The number of allylic oxidation sites excluding steroid dienone is 1. The monoisotopic (exact) mass is 304 g/mol. The van der Waals surface area contributed by atoms with Crippen LogP contribution in [0.15, 0.2) is 52.6 Å². The molecule has 1 aromatic heterocycles. The maximum atomic E-state index is 5.33. The van der Waals surface area contributed by atoms with Crippen LogP contribution in [0.3, 0.4) is 0 Å². The highest BCUT2D eigenvalue weighted by atomic mass is 79.9. The van der Waals surface area contributed by atoms with E-state index in [9.17, 15) is 0 Å². The van der Waals surface area contributed by atoms with Crippen molar-refractivity contribution >= 4 is 28.0 Å². The summed E-state index contributed by atoms with van der Waals surface area (Å²) in [5.41, 5.74) is 2.08. The summed E-state index contributed by atoms with van der Waals surface area (Å²) in [7, 11) is 1.67. The zero-order valence-electron chi connectivity index (χ0n) is 9.98. The van der Waals surface area contributed by atoms with Gasteiger partial charge < -0.3 is 9.72 Å². The molecule has 0 spiro atoms. The van der Waals surface area contributed by atoms with E-state index in [0.717, 1.165) is 27.2 Å². The van der Waals surface area contributed by atoms with Gasteiger partial charge in [0.05, 0.1) is 7.11 Å². The largest absolute Gasteiger partial charge is 0.496 e. The van der Waals surface area contributed by atoms with Crippen molar-refractivity contribution in [2.75, 3.05) is 7.11 Å². The fourth-order valence-corrected chi connectivity index (χ4v) is 1.74. The number of rotatable bonds is 4. The van der Waals surface area contributed by atoms with Gasteiger partial charge in [-0.3, -0.25) is 0 Å². The van der Waals surface area contributed by atoms with E-state index >= 15 is 0 Å². The maximum absolute atomic E-state index is 5.33. The van der Waals surface area contributed by atoms with Crippen molar-refractivity contribution in [3.05, 3.63) is 47.6 Å². The van der Waals surface area contributed by atoms with Crippen LogP contribution in [0.1, 0.15) is 0 Å². The minimum absolute atomic E-state index is 0.732. The van der Waals surface area contributed by atoms with Crippen LogP contribution in [0.25, 0.3) is 11.1 Å². The summed E-state index contributed by atoms with van der Waals surface area (Å²) < 4.78 is 6.07. The fraction of sp³-hybridized carbons (Fsp3) is 0.0714. The van der Waals surface area contributed by atoms with Gasteiger partial charge in [-0.2, -0.15) is 0 Å². The third kappa shape index (κ3) is 2.90. The number of aromatic amines is 1. The maximum Gasteiger partial charge on any atom is 0.130 e. The van der Waals surface area contributed by atoms with Gasteiger partial charge in [0.2, 0.25) is 0 Å². The molecule has 0 saturated heterocycles. The summed E-state index contributed by atoms with van der Waals surface area (Å²) in [6.45, 7) is 3.70. The van der Waals surface area contributed by atoms with Gasteiger partial charge >= 0.3 is 0 Å². The average molecular weight is 305 g/mol. The lowest BCUT2D eigenvalue weighted by Gasteiger charge is -2.05. The van der Waals surface area contributed by atoms with Crippen LogP contribution in [0.4, 0.5) is 5.82 Å². The number of benzene rings is 1. The Hall–Kier alpha value is -1.81. The van der Waals surface area contributed by atoms with E-state index in [1.165, 1.54) is 0 Å². The summed E-state index contributed by atoms with van der Waals surface area (Å²) >= 11 is 3.23. The summed E-state index contributed by atoms with van der Waals surface area (Å²) in [4.78, 5) is 7.34. The molecule has 0 fully saturated rings. The number of halogens is 1. The lowest BCUT2D eigenvalue weighted by atomic mass is 10.1. The zero-order chi connectivity index (χ0) is 13.0. The van der Waals surface area contributed by atoms with Crippen molar-refractivity contribution < 1.29 is 4.74 Å². The van der Waals surface area contributed by atoms with Gasteiger partial charge in [0.15, 0.2) is 0 Å². The topological polar surface area (TPSA) is 37.4 Å². The van der Waals surface area contributed by atoms with Crippen LogP contribution >= 0.6 is 15.9 Å². The first kappa shape index (κ1) is 12.6. The van der Waals surface area contributed by atoms with E-state index < -0.39 is 0 Å².